The number of aromatic nitrogens is 2. The van der Waals surface area contributed by atoms with E-state index < -0.39 is 0 Å². The maximum Gasteiger partial charge on any atom is 0.233 e. The summed E-state index contributed by atoms with van der Waals surface area (Å²) in [6.07, 6.45) is 0.989. The number of carbonyl (C=O) groups excluding carboxylic acids is 1. The minimum absolute atomic E-state index is 0.0120. The Labute approximate surface area is 121 Å². The fraction of sp³-hybridized carbons (Fsp3) is 0.643. The Morgan fingerprint density at radius 3 is 2.70 bits per heavy atom. The van der Waals surface area contributed by atoms with Gasteiger partial charge in [0.2, 0.25) is 5.91 Å². The molecule has 0 bridgehead atoms. The fourth-order valence-corrected chi connectivity index (χ4v) is 1.98. The van der Waals surface area contributed by atoms with Crippen molar-refractivity contribution in [1.29, 1.82) is 0 Å². The summed E-state index contributed by atoms with van der Waals surface area (Å²) in [7, 11) is 1.65. The lowest BCUT2D eigenvalue weighted by atomic mass is 10.3. The van der Waals surface area contributed by atoms with Crippen LogP contribution in [0.3, 0.4) is 0 Å². The summed E-state index contributed by atoms with van der Waals surface area (Å²) in [6.45, 7) is 8.71. The van der Waals surface area contributed by atoms with E-state index in [1.807, 2.05) is 19.9 Å². The molecular formula is C14H25N5O. The SMILES string of the molecule is CCCN(CC(=O)NC)Cc1nc(C)cc(NCC)n1. The molecule has 0 atom stereocenters. The van der Waals surface area contributed by atoms with Gasteiger partial charge in [-0.05, 0) is 26.8 Å². The molecule has 20 heavy (non-hydrogen) atoms. The average Bonchev–Trinajstić information content (AvgIpc) is 2.38. The first-order valence-electron chi connectivity index (χ1n) is 7.10. The van der Waals surface area contributed by atoms with Gasteiger partial charge >= 0.3 is 0 Å². The third kappa shape index (κ3) is 5.52. The molecule has 6 nitrogen and oxygen atoms in total. The van der Waals surface area contributed by atoms with Crippen LogP contribution in [0.15, 0.2) is 6.07 Å². The number of nitrogens with one attached hydrogen (secondary N) is 2. The van der Waals surface area contributed by atoms with Crippen LogP contribution in [0.5, 0.6) is 0 Å². The molecule has 0 aromatic carbocycles. The molecule has 1 aromatic rings. The van der Waals surface area contributed by atoms with Crippen LogP contribution < -0.4 is 10.6 Å². The van der Waals surface area contributed by atoms with Crippen LogP contribution >= 0.6 is 0 Å². The summed E-state index contributed by atoms with van der Waals surface area (Å²) in [5.41, 5.74) is 0.933. The van der Waals surface area contributed by atoms with Gasteiger partial charge < -0.3 is 10.6 Å². The zero-order chi connectivity index (χ0) is 15.0. The molecule has 1 amide bonds. The van der Waals surface area contributed by atoms with E-state index in [9.17, 15) is 4.79 Å². The number of hydrogen-bond acceptors (Lipinski definition) is 5. The molecule has 2 N–H and O–H groups in total. The van der Waals surface area contributed by atoms with E-state index in [0.717, 1.165) is 36.8 Å². The van der Waals surface area contributed by atoms with Crippen molar-refractivity contribution < 1.29 is 4.79 Å². The Bertz CT molecular complexity index is 436. The first-order valence-corrected chi connectivity index (χ1v) is 7.10. The van der Waals surface area contributed by atoms with E-state index in [2.05, 4.69) is 32.4 Å². The molecule has 112 valence electrons. The molecule has 1 rings (SSSR count). The highest BCUT2D eigenvalue weighted by Gasteiger charge is 2.12. The van der Waals surface area contributed by atoms with Gasteiger partial charge in [-0.2, -0.15) is 0 Å². The predicted molar refractivity (Wildman–Crippen MR) is 80.6 cm³/mol. The highest BCUT2D eigenvalue weighted by Crippen LogP contribution is 2.08. The number of nitrogens with zero attached hydrogens (tertiary/aromatic N) is 3. The Balaban J connectivity index is 2.78. The van der Waals surface area contributed by atoms with Gasteiger partial charge in [0, 0.05) is 25.4 Å². The molecule has 1 heterocycles. The summed E-state index contributed by atoms with van der Waals surface area (Å²) in [6, 6.07) is 1.93. The molecule has 0 radical (unpaired) electrons. The number of rotatable bonds is 8. The van der Waals surface area contributed by atoms with Gasteiger partial charge in [0.1, 0.15) is 11.6 Å². The smallest absolute Gasteiger partial charge is 0.233 e. The Morgan fingerprint density at radius 2 is 2.10 bits per heavy atom. The highest BCUT2D eigenvalue weighted by atomic mass is 16.1. The number of amides is 1. The van der Waals surface area contributed by atoms with Crippen LogP contribution in [0.4, 0.5) is 5.82 Å². The molecule has 0 saturated carbocycles. The van der Waals surface area contributed by atoms with E-state index in [1.54, 1.807) is 7.05 Å². The molecule has 1 aromatic heterocycles. The van der Waals surface area contributed by atoms with E-state index in [0.29, 0.717) is 13.1 Å². The van der Waals surface area contributed by atoms with Crippen LogP contribution in [0, 0.1) is 6.92 Å². The predicted octanol–water partition coefficient (Wildman–Crippen LogP) is 1.17. The number of likely N-dealkylation sites (N-methyl/N-ethyl adjacent to an activating group) is 1. The molecular weight excluding hydrogens is 254 g/mol. The number of carbonyl (C=O) groups is 1. The molecule has 0 saturated heterocycles. The van der Waals surface area contributed by atoms with E-state index in [4.69, 9.17) is 0 Å². The second kappa shape index (κ2) is 8.47. The average molecular weight is 279 g/mol. The van der Waals surface area contributed by atoms with Crippen LogP contribution in [0.2, 0.25) is 0 Å². The number of aryl methyl sites for hydroxylation is 1. The van der Waals surface area contributed by atoms with Crippen molar-refractivity contribution >= 4 is 11.7 Å². The Hall–Kier alpha value is -1.69. The van der Waals surface area contributed by atoms with Crippen molar-refractivity contribution in [1.82, 2.24) is 20.2 Å². The third-order valence-corrected chi connectivity index (χ3v) is 2.81. The lowest BCUT2D eigenvalue weighted by Gasteiger charge is -2.20. The van der Waals surface area contributed by atoms with Crippen molar-refractivity contribution in [3.05, 3.63) is 17.6 Å². The number of anilines is 1. The molecule has 0 aliphatic carbocycles. The van der Waals surface area contributed by atoms with Crippen molar-refractivity contribution in [2.24, 2.45) is 0 Å². The van der Waals surface area contributed by atoms with E-state index >= 15 is 0 Å². The molecule has 6 heteroatoms. The summed E-state index contributed by atoms with van der Waals surface area (Å²) in [5, 5.41) is 5.85. The van der Waals surface area contributed by atoms with Crippen molar-refractivity contribution in [2.45, 2.75) is 33.7 Å². The van der Waals surface area contributed by atoms with Crippen LogP contribution in [-0.2, 0) is 11.3 Å². The van der Waals surface area contributed by atoms with Crippen LogP contribution in [0.1, 0.15) is 31.8 Å². The summed E-state index contributed by atoms with van der Waals surface area (Å²) in [5.74, 6) is 1.60. The second-order valence-corrected chi connectivity index (χ2v) is 4.72. The molecule has 0 aliphatic heterocycles. The van der Waals surface area contributed by atoms with Gasteiger partial charge in [-0.3, -0.25) is 9.69 Å². The molecule has 0 aliphatic rings. The summed E-state index contributed by atoms with van der Waals surface area (Å²) < 4.78 is 0. The minimum Gasteiger partial charge on any atom is -0.370 e. The first kappa shape index (κ1) is 16.4. The van der Waals surface area contributed by atoms with Crippen molar-refractivity contribution in [2.75, 3.05) is 32.0 Å². The number of hydrogen-bond donors (Lipinski definition) is 2. The molecule has 0 unspecified atom stereocenters. The van der Waals surface area contributed by atoms with Gasteiger partial charge in [0.15, 0.2) is 0 Å². The summed E-state index contributed by atoms with van der Waals surface area (Å²) in [4.78, 5) is 22.5. The highest BCUT2D eigenvalue weighted by molar-refractivity contribution is 5.77. The van der Waals surface area contributed by atoms with Gasteiger partial charge in [0.05, 0.1) is 13.1 Å². The standard InChI is InChI=1S/C14H25N5O/c1-5-7-19(10-14(20)15-4)9-13-17-11(3)8-12(18-13)16-6-2/h8H,5-7,9-10H2,1-4H3,(H,15,20)(H,16,17,18). The van der Waals surface area contributed by atoms with Crippen LogP contribution in [0.25, 0.3) is 0 Å². The normalized spacial score (nSPS) is 10.7. The Kier molecular flexibility index (Phi) is 6.93. The molecule has 0 fully saturated rings. The third-order valence-electron chi connectivity index (χ3n) is 2.81. The maximum atomic E-state index is 11.5. The maximum absolute atomic E-state index is 11.5. The van der Waals surface area contributed by atoms with Gasteiger partial charge in [0.25, 0.3) is 0 Å². The van der Waals surface area contributed by atoms with E-state index in [1.165, 1.54) is 0 Å². The van der Waals surface area contributed by atoms with Crippen LogP contribution in [-0.4, -0.2) is 47.5 Å². The summed E-state index contributed by atoms with van der Waals surface area (Å²) >= 11 is 0. The largest absolute Gasteiger partial charge is 0.370 e. The zero-order valence-corrected chi connectivity index (χ0v) is 12.9. The van der Waals surface area contributed by atoms with Crippen molar-refractivity contribution in [3.63, 3.8) is 0 Å². The zero-order valence-electron chi connectivity index (χ0n) is 12.9. The van der Waals surface area contributed by atoms with Gasteiger partial charge in [-0.1, -0.05) is 6.92 Å². The van der Waals surface area contributed by atoms with Gasteiger partial charge in [-0.15, -0.1) is 0 Å². The van der Waals surface area contributed by atoms with E-state index in [-0.39, 0.29) is 5.91 Å². The second-order valence-electron chi connectivity index (χ2n) is 4.72. The Morgan fingerprint density at radius 1 is 1.35 bits per heavy atom. The topological polar surface area (TPSA) is 70.2 Å². The lowest BCUT2D eigenvalue weighted by Crippen LogP contribution is -2.36. The first-order chi connectivity index (χ1) is 9.58. The fourth-order valence-electron chi connectivity index (χ4n) is 1.98. The monoisotopic (exact) mass is 279 g/mol. The van der Waals surface area contributed by atoms with Gasteiger partial charge in [-0.25, -0.2) is 9.97 Å². The van der Waals surface area contributed by atoms with Crippen molar-refractivity contribution in [3.8, 4) is 0 Å². The molecule has 0 spiro atoms. The minimum atomic E-state index is 0.0120. The quantitative estimate of drug-likeness (QED) is 0.747. The lowest BCUT2D eigenvalue weighted by molar-refractivity contribution is -0.121.